The molecule has 3 aromatic rings. The highest BCUT2D eigenvalue weighted by Crippen LogP contribution is 2.25. The molecule has 0 atom stereocenters. The number of nitrogens with one attached hydrogen (secondary N) is 2. The second-order valence-electron chi connectivity index (χ2n) is 5.91. The summed E-state index contributed by atoms with van der Waals surface area (Å²) >= 11 is 0. The van der Waals surface area contributed by atoms with Crippen LogP contribution in [0.5, 0.6) is 11.5 Å². The Balaban J connectivity index is 1.43. The Kier molecular flexibility index (Phi) is 6.21. The van der Waals surface area contributed by atoms with Crippen LogP contribution in [-0.2, 0) is 9.59 Å². The van der Waals surface area contributed by atoms with E-state index in [1.165, 1.54) is 18.2 Å². The van der Waals surface area contributed by atoms with Gasteiger partial charge in [0.2, 0.25) is 0 Å². The predicted octanol–water partition coefficient (Wildman–Crippen LogP) is 2.35. The van der Waals surface area contributed by atoms with Gasteiger partial charge in [-0.15, -0.1) is 0 Å². The van der Waals surface area contributed by atoms with E-state index in [1.54, 1.807) is 12.1 Å². The number of hydrogen-bond acceptors (Lipinski definition) is 6. The molecule has 0 fully saturated rings. The Morgan fingerprint density at radius 3 is 2.17 bits per heavy atom. The summed E-state index contributed by atoms with van der Waals surface area (Å²) in [5.74, 6) is -0.775. The summed E-state index contributed by atoms with van der Waals surface area (Å²) in [7, 11) is 0. The maximum Gasteiger partial charge on any atom is 0.310 e. The molecule has 0 aromatic heterocycles. The number of amides is 2. The molecular weight excluding hydrogens is 378 g/mol. The molecule has 0 heterocycles. The van der Waals surface area contributed by atoms with Gasteiger partial charge in [0.1, 0.15) is 5.75 Å². The minimum atomic E-state index is -0.679. The number of rotatable bonds is 7. The molecule has 2 amide bonds. The van der Waals surface area contributed by atoms with Gasteiger partial charge in [-0.2, -0.15) is 0 Å². The number of benzene rings is 3. The SMILES string of the molecule is O=C(COc1ccc2ccccc2c1)NNC(=O)COc1ccccc1[N+](=O)[O-]. The van der Waals surface area contributed by atoms with Crippen LogP contribution >= 0.6 is 0 Å². The number of hydrazine groups is 1. The van der Waals surface area contributed by atoms with Crippen molar-refractivity contribution in [2.45, 2.75) is 0 Å². The second-order valence-corrected chi connectivity index (χ2v) is 5.91. The van der Waals surface area contributed by atoms with E-state index >= 15 is 0 Å². The molecule has 2 N–H and O–H groups in total. The molecule has 3 aromatic carbocycles. The quantitative estimate of drug-likeness (QED) is 0.468. The lowest BCUT2D eigenvalue weighted by atomic mass is 10.1. The number of carbonyl (C=O) groups is 2. The van der Waals surface area contributed by atoms with Crippen molar-refractivity contribution < 1.29 is 24.0 Å². The summed E-state index contributed by atoms with van der Waals surface area (Å²) < 4.78 is 10.5. The standard InChI is InChI=1S/C20H17N3O6/c24-19(12-28-16-10-9-14-5-1-2-6-15(14)11-16)21-22-20(25)13-29-18-8-4-3-7-17(18)23(26)27/h1-11H,12-13H2,(H,21,24)(H,22,25). The van der Waals surface area contributed by atoms with E-state index in [0.717, 1.165) is 10.8 Å². The van der Waals surface area contributed by atoms with Gasteiger partial charge in [0.05, 0.1) is 4.92 Å². The van der Waals surface area contributed by atoms with Gasteiger partial charge in [0, 0.05) is 6.07 Å². The summed E-state index contributed by atoms with van der Waals surface area (Å²) in [6.07, 6.45) is 0. The first-order valence-electron chi connectivity index (χ1n) is 8.58. The normalized spacial score (nSPS) is 10.2. The van der Waals surface area contributed by atoms with E-state index in [0.29, 0.717) is 5.75 Å². The minimum Gasteiger partial charge on any atom is -0.484 e. The summed E-state index contributed by atoms with van der Waals surface area (Å²) in [6, 6.07) is 18.8. The van der Waals surface area contributed by atoms with Crippen molar-refractivity contribution in [3.8, 4) is 11.5 Å². The van der Waals surface area contributed by atoms with Gasteiger partial charge in [0.25, 0.3) is 11.8 Å². The number of hydrogen-bond donors (Lipinski definition) is 2. The van der Waals surface area contributed by atoms with Gasteiger partial charge in [-0.25, -0.2) is 0 Å². The van der Waals surface area contributed by atoms with Crippen molar-refractivity contribution in [3.05, 3.63) is 76.8 Å². The lowest BCUT2D eigenvalue weighted by molar-refractivity contribution is -0.385. The average molecular weight is 395 g/mol. The number of para-hydroxylation sites is 2. The molecular formula is C20H17N3O6. The van der Waals surface area contributed by atoms with E-state index in [2.05, 4.69) is 10.9 Å². The van der Waals surface area contributed by atoms with Gasteiger partial charge in [0.15, 0.2) is 19.0 Å². The van der Waals surface area contributed by atoms with Crippen LogP contribution in [0.15, 0.2) is 66.7 Å². The first-order chi connectivity index (χ1) is 14.0. The lowest BCUT2D eigenvalue weighted by Crippen LogP contribution is -2.45. The highest BCUT2D eigenvalue weighted by atomic mass is 16.6. The molecule has 9 nitrogen and oxygen atoms in total. The molecule has 148 valence electrons. The van der Waals surface area contributed by atoms with Crippen LogP contribution in [0.25, 0.3) is 10.8 Å². The van der Waals surface area contributed by atoms with E-state index < -0.39 is 23.3 Å². The van der Waals surface area contributed by atoms with Crippen molar-refractivity contribution in [2.24, 2.45) is 0 Å². The molecule has 29 heavy (non-hydrogen) atoms. The van der Waals surface area contributed by atoms with Crippen molar-refractivity contribution in [1.29, 1.82) is 0 Å². The smallest absolute Gasteiger partial charge is 0.310 e. The fourth-order valence-corrected chi connectivity index (χ4v) is 2.49. The third-order valence-electron chi connectivity index (χ3n) is 3.85. The summed E-state index contributed by atoms with van der Waals surface area (Å²) in [4.78, 5) is 33.9. The Bertz CT molecular complexity index is 1050. The number of nitro groups is 1. The predicted molar refractivity (Wildman–Crippen MR) is 104 cm³/mol. The molecule has 0 aliphatic carbocycles. The van der Waals surface area contributed by atoms with Gasteiger partial charge in [-0.05, 0) is 29.0 Å². The van der Waals surface area contributed by atoms with Crippen molar-refractivity contribution in [2.75, 3.05) is 13.2 Å². The van der Waals surface area contributed by atoms with Gasteiger partial charge < -0.3 is 9.47 Å². The first kappa shape index (κ1) is 19.6. The molecule has 0 spiro atoms. The fourth-order valence-electron chi connectivity index (χ4n) is 2.49. The number of nitrogens with zero attached hydrogens (tertiary/aromatic N) is 1. The van der Waals surface area contributed by atoms with Crippen LogP contribution in [0, 0.1) is 10.1 Å². The largest absolute Gasteiger partial charge is 0.484 e. The number of ether oxygens (including phenoxy) is 2. The number of nitro benzene ring substituents is 1. The molecule has 0 saturated heterocycles. The van der Waals surface area contributed by atoms with Gasteiger partial charge in [-0.1, -0.05) is 42.5 Å². The summed E-state index contributed by atoms with van der Waals surface area (Å²) in [5, 5.41) is 12.9. The van der Waals surface area contributed by atoms with Crippen molar-refractivity contribution >= 4 is 28.3 Å². The zero-order valence-corrected chi connectivity index (χ0v) is 15.2. The van der Waals surface area contributed by atoms with E-state index in [-0.39, 0.29) is 18.0 Å². The molecule has 0 saturated carbocycles. The minimum absolute atomic E-state index is 0.0430. The number of carbonyl (C=O) groups excluding carboxylic acids is 2. The molecule has 0 radical (unpaired) electrons. The van der Waals surface area contributed by atoms with Crippen LogP contribution in [0.1, 0.15) is 0 Å². The van der Waals surface area contributed by atoms with Crippen LogP contribution in [-0.4, -0.2) is 30.0 Å². The zero-order valence-electron chi connectivity index (χ0n) is 15.2. The monoisotopic (exact) mass is 395 g/mol. The second kappa shape index (κ2) is 9.18. The van der Waals surface area contributed by atoms with Crippen LogP contribution in [0.3, 0.4) is 0 Å². The average Bonchev–Trinajstić information content (AvgIpc) is 2.74. The molecule has 9 heteroatoms. The molecule has 3 rings (SSSR count). The molecule has 0 bridgehead atoms. The Morgan fingerprint density at radius 1 is 0.828 bits per heavy atom. The maximum atomic E-state index is 11.8. The number of fused-ring (bicyclic) bond motifs is 1. The van der Waals surface area contributed by atoms with Crippen LogP contribution in [0.4, 0.5) is 5.69 Å². The Labute approximate surface area is 165 Å². The highest BCUT2D eigenvalue weighted by Gasteiger charge is 2.15. The van der Waals surface area contributed by atoms with E-state index in [4.69, 9.17) is 9.47 Å². The molecule has 0 unspecified atom stereocenters. The first-order valence-corrected chi connectivity index (χ1v) is 8.58. The maximum absolute atomic E-state index is 11.8. The molecule has 0 aliphatic rings. The van der Waals surface area contributed by atoms with Crippen molar-refractivity contribution in [1.82, 2.24) is 10.9 Å². The third-order valence-corrected chi connectivity index (χ3v) is 3.85. The van der Waals surface area contributed by atoms with Gasteiger partial charge >= 0.3 is 5.69 Å². The summed E-state index contributed by atoms with van der Waals surface area (Å²) in [6.45, 7) is -0.805. The Morgan fingerprint density at radius 2 is 1.45 bits per heavy atom. The van der Waals surface area contributed by atoms with E-state index in [1.807, 2.05) is 36.4 Å². The summed E-state index contributed by atoms with van der Waals surface area (Å²) in [5.41, 5.74) is 4.08. The van der Waals surface area contributed by atoms with Gasteiger partial charge in [-0.3, -0.25) is 30.6 Å². The Hall–Kier alpha value is -4.14. The van der Waals surface area contributed by atoms with E-state index in [9.17, 15) is 19.7 Å². The van der Waals surface area contributed by atoms with Crippen LogP contribution in [0.2, 0.25) is 0 Å². The van der Waals surface area contributed by atoms with Crippen LogP contribution < -0.4 is 20.3 Å². The third kappa shape index (κ3) is 5.42. The zero-order chi connectivity index (χ0) is 20.6. The topological polar surface area (TPSA) is 120 Å². The van der Waals surface area contributed by atoms with Crippen molar-refractivity contribution in [3.63, 3.8) is 0 Å². The molecule has 0 aliphatic heterocycles. The fraction of sp³-hybridized carbons (Fsp3) is 0.100. The highest BCUT2D eigenvalue weighted by molar-refractivity contribution is 5.85. The lowest BCUT2D eigenvalue weighted by Gasteiger charge is -2.10.